The molecular formula is C19H33F2NO2SSi. The van der Waals surface area contributed by atoms with Gasteiger partial charge in [0.15, 0.2) is 8.32 Å². The van der Waals surface area contributed by atoms with E-state index in [1.807, 2.05) is 20.8 Å². The van der Waals surface area contributed by atoms with Crippen molar-refractivity contribution in [2.75, 3.05) is 0 Å². The molecule has 1 aromatic rings. The molecule has 0 bridgehead atoms. The van der Waals surface area contributed by atoms with Crippen LogP contribution in [0.4, 0.5) is 8.78 Å². The number of hydrogen-bond acceptors (Lipinski definition) is 3. The quantitative estimate of drug-likeness (QED) is 0.495. The van der Waals surface area contributed by atoms with E-state index in [1.165, 1.54) is 12.1 Å². The van der Waals surface area contributed by atoms with Crippen LogP contribution in [0.1, 0.15) is 65.6 Å². The van der Waals surface area contributed by atoms with Gasteiger partial charge >= 0.3 is 0 Å². The number of hydrogen-bond donors (Lipinski definition) is 1. The molecule has 0 aliphatic heterocycles. The maximum Gasteiger partial charge on any atom is 0.192 e. The molecule has 7 heteroatoms. The fraction of sp³-hybridized carbons (Fsp3) is 0.684. The maximum atomic E-state index is 14.5. The fourth-order valence-electron chi connectivity index (χ4n) is 1.92. The largest absolute Gasteiger partial charge is 0.598 e. The van der Waals surface area contributed by atoms with Gasteiger partial charge in [-0.05, 0) is 58.0 Å². The highest BCUT2D eigenvalue weighted by molar-refractivity contribution is 7.90. The lowest BCUT2D eigenvalue weighted by Crippen LogP contribution is -2.41. The first kappa shape index (κ1) is 23.6. The van der Waals surface area contributed by atoms with Gasteiger partial charge in [0, 0.05) is 22.5 Å². The highest BCUT2D eigenvalue weighted by Gasteiger charge is 2.37. The van der Waals surface area contributed by atoms with E-state index >= 15 is 0 Å². The molecule has 0 aromatic heterocycles. The van der Waals surface area contributed by atoms with Crippen molar-refractivity contribution in [1.29, 1.82) is 0 Å². The van der Waals surface area contributed by atoms with Crippen molar-refractivity contribution in [3.63, 3.8) is 0 Å². The van der Waals surface area contributed by atoms with Gasteiger partial charge in [-0.15, -0.1) is 4.72 Å². The highest BCUT2D eigenvalue weighted by Crippen LogP contribution is 2.37. The molecule has 0 aliphatic carbocycles. The second kappa shape index (κ2) is 8.27. The summed E-state index contributed by atoms with van der Waals surface area (Å²) in [4.78, 5) is 0. The second-order valence-corrected chi connectivity index (χ2v) is 16.0. The summed E-state index contributed by atoms with van der Waals surface area (Å²) >= 11 is -1.37. The van der Waals surface area contributed by atoms with E-state index in [-0.39, 0.29) is 22.8 Å². The third kappa shape index (κ3) is 6.02. The van der Waals surface area contributed by atoms with Gasteiger partial charge in [-0.2, -0.15) is 0 Å². The lowest BCUT2D eigenvalue weighted by molar-refractivity contribution is 0.270. The summed E-state index contributed by atoms with van der Waals surface area (Å²) in [6.07, 6.45) is 0. The standard InChI is InChI=1S/C19H33F2NO2SSi/c1-13(22-25(23)18(2,3)4)15-11-16(20)14(10-17(15)21)12-24-26(8,9)19(5,6)7/h10-11,13,22H,12H2,1-9H3. The zero-order valence-corrected chi connectivity index (χ0v) is 19.2. The molecule has 2 atom stereocenters. The van der Waals surface area contributed by atoms with E-state index in [4.69, 9.17) is 4.43 Å². The van der Waals surface area contributed by atoms with Gasteiger partial charge in [-0.1, -0.05) is 20.8 Å². The summed E-state index contributed by atoms with van der Waals surface area (Å²) in [5.74, 6) is -1.03. The second-order valence-electron chi connectivity index (χ2n) is 9.23. The molecule has 0 spiro atoms. The van der Waals surface area contributed by atoms with E-state index < -0.39 is 42.1 Å². The van der Waals surface area contributed by atoms with Crippen LogP contribution in [0.2, 0.25) is 18.1 Å². The summed E-state index contributed by atoms with van der Waals surface area (Å²) in [5.41, 5.74) is 0.372. The number of halogens is 2. The molecule has 0 saturated heterocycles. The first-order valence-corrected chi connectivity index (χ1v) is 12.9. The Balaban J connectivity index is 2.95. The third-order valence-corrected chi connectivity index (χ3v) is 11.0. The van der Waals surface area contributed by atoms with Crippen LogP contribution in [0.25, 0.3) is 0 Å². The number of rotatable bonds is 6. The molecule has 0 fully saturated rings. The SMILES string of the molecule is CC(N[S+]([O-])C(C)(C)C)c1cc(F)c(CO[Si](C)(C)C(C)(C)C)cc1F. The number of nitrogens with one attached hydrogen (secondary N) is 1. The molecular weight excluding hydrogens is 372 g/mol. The smallest absolute Gasteiger partial charge is 0.192 e. The van der Waals surface area contributed by atoms with Gasteiger partial charge < -0.3 is 8.98 Å². The first-order chi connectivity index (χ1) is 11.6. The summed E-state index contributed by atoms with van der Waals surface area (Å²) in [7, 11) is -2.05. The van der Waals surface area contributed by atoms with Crippen molar-refractivity contribution in [3.05, 3.63) is 34.9 Å². The van der Waals surface area contributed by atoms with Crippen LogP contribution < -0.4 is 4.72 Å². The molecule has 0 amide bonds. The topological polar surface area (TPSA) is 44.3 Å². The molecule has 0 heterocycles. The third-order valence-electron chi connectivity index (χ3n) is 4.87. The average Bonchev–Trinajstić information content (AvgIpc) is 2.45. The Morgan fingerprint density at radius 3 is 2.12 bits per heavy atom. The lowest BCUT2D eigenvalue weighted by atomic mass is 10.1. The molecule has 0 radical (unpaired) electrons. The van der Waals surface area contributed by atoms with Gasteiger partial charge in [0.25, 0.3) is 0 Å². The Morgan fingerprint density at radius 1 is 1.12 bits per heavy atom. The molecule has 0 aliphatic rings. The Hall–Kier alpha value is -0.473. The van der Waals surface area contributed by atoms with Gasteiger partial charge in [0.2, 0.25) is 0 Å². The predicted octanol–water partition coefficient (Wildman–Crippen LogP) is 5.60. The Kier molecular flexibility index (Phi) is 7.49. The van der Waals surface area contributed by atoms with Crippen LogP contribution in [0.15, 0.2) is 12.1 Å². The molecule has 3 nitrogen and oxygen atoms in total. The molecule has 1 rings (SSSR count). The zero-order valence-electron chi connectivity index (χ0n) is 17.4. The van der Waals surface area contributed by atoms with Crippen LogP contribution in [-0.2, 0) is 22.4 Å². The summed E-state index contributed by atoms with van der Waals surface area (Å²) in [6, 6.07) is 1.80. The van der Waals surface area contributed by atoms with Gasteiger partial charge in [0.05, 0.1) is 12.6 Å². The first-order valence-electron chi connectivity index (χ1n) is 8.86. The Bertz CT molecular complexity index is 627. The van der Waals surface area contributed by atoms with E-state index in [2.05, 4.69) is 38.6 Å². The van der Waals surface area contributed by atoms with E-state index in [0.717, 1.165) is 0 Å². The Labute approximate surface area is 161 Å². The molecule has 2 unspecified atom stereocenters. The van der Waals surface area contributed by atoms with Crippen molar-refractivity contribution in [2.45, 2.75) is 84.0 Å². The van der Waals surface area contributed by atoms with Crippen LogP contribution in [-0.4, -0.2) is 17.6 Å². The molecule has 0 saturated carbocycles. The minimum atomic E-state index is -2.05. The minimum Gasteiger partial charge on any atom is -0.598 e. The lowest BCUT2D eigenvalue weighted by Gasteiger charge is -2.36. The highest BCUT2D eigenvalue weighted by atomic mass is 32.2. The average molecular weight is 406 g/mol. The fourth-order valence-corrected chi connectivity index (χ4v) is 3.67. The normalized spacial score (nSPS) is 15.8. The maximum absolute atomic E-state index is 14.5. The van der Waals surface area contributed by atoms with Crippen molar-refractivity contribution in [3.8, 4) is 0 Å². The van der Waals surface area contributed by atoms with Crippen LogP contribution in [0.5, 0.6) is 0 Å². The molecule has 26 heavy (non-hydrogen) atoms. The van der Waals surface area contributed by atoms with Gasteiger partial charge in [-0.3, -0.25) is 0 Å². The van der Waals surface area contributed by atoms with Crippen LogP contribution >= 0.6 is 0 Å². The minimum absolute atomic E-state index is 0.00256. The van der Waals surface area contributed by atoms with Gasteiger partial charge in [-0.25, -0.2) is 8.78 Å². The van der Waals surface area contributed by atoms with Crippen molar-refractivity contribution >= 4 is 19.7 Å². The Morgan fingerprint density at radius 2 is 1.65 bits per heavy atom. The molecule has 1 N–H and O–H groups in total. The summed E-state index contributed by atoms with van der Waals surface area (Å²) < 4.78 is 49.6. The van der Waals surface area contributed by atoms with Gasteiger partial charge in [0.1, 0.15) is 16.4 Å². The predicted molar refractivity (Wildman–Crippen MR) is 108 cm³/mol. The zero-order chi connectivity index (χ0) is 20.5. The molecule has 150 valence electrons. The van der Waals surface area contributed by atoms with Crippen molar-refractivity contribution in [2.24, 2.45) is 0 Å². The van der Waals surface area contributed by atoms with E-state index in [0.29, 0.717) is 0 Å². The monoisotopic (exact) mass is 405 g/mol. The summed E-state index contributed by atoms with van der Waals surface area (Å²) in [6.45, 7) is 17.6. The van der Waals surface area contributed by atoms with E-state index in [9.17, 15) is 13.3 Å². The number of benzene rings is 1. The molecule has 1 aromatic carbocycles. The van der Waals surface area contributed by atoms with Crippen LogP contribution in [0, 0.1) is 11.6 Å². The van der Waals surface area contributed by atoms with Crippen LogP contribution in [0.3, 0.4) is 0 Å². The van der Waals surface area contributed by atoms with Crippen molar-refractivity contribution < 1.29 is 17.8 Å². The van der Waals surface area contributed by atoms with Crippen molar-refractivity contribution in [1.82, 2.24) is 4.72 Å². The van der Waals surface area contributed by atoms with E-state index in [1.54, 1.807) is 6.92 Å². The summed E-state index contributed by atoms with van der Waals surface area (Å²) in [5, 5.41) is -0.00256.